The highest BCUT2D eigenvalue weighted by atomic mass is 32.2. The van der Waals surface area contributed by atoms with Crippen molar-refractivity contribution in [3.63, 3.8) is 0 Å². The number of hydrogen-bond donors (Lipinski definition) is 5. The maximum absolute atomic E-state index is 14.0. The number of carbonyl (C=O) groups is 5. The van der Waals surface area contributed by atoms with E-state index in [9.17, 15) is 47.2 Å². The van der Waals surface area contributed by atoms with E-state index in [0.29, 0.717) is 11.8 Å². The molecule has 1 aliphatic rings. The van der Waals surface area contributed by atoms with Gasteiger partial charge in [-0.25, -0.2) is 4.79 Å². The summed E-state index contributed by atoms with van der Waals surface area (Å²) in [6.07, 6.45) is 13.4. The summed E-state index contributed by atoms with van der Waals surface area (Å²) in [5.41, 5.74) is -0.0988. The topological polar surface area (TPSA) is 232 Å². The summed E-state index contributed by atoms with van der Waals surface area (Å²) in [7, 11) is -3.62. The predicted molar refractivity (Wildman–Crippen MR) is 255 cm³/mol. The SMILES string of the molecule is CCCCCCCCCCCCCCOC(=O)c1ccc(OC)c(NC(=O)C(Cc2ccccc2)Oc2ccc(C(=O)Nc3ccc4c(c3)C(=O)c3c(cc(S(=O)(=O)O)c(O)c3O)C4=O)cc2)c1. The van der Waals surface area contributed by atoms with Gasteiger partial charge in [-0.15, -0.1) is 0 Å². The maximum atomic E-state index is 14.0. The van der Waals surface area contributed by atoms with Crippen LogP contribution in [0.3, 0.4) is 0 Å². The van der Waals surface area contributed by atoms with Crippen LogP contribution in [0.2, 0.25) is 0 Å². The van der Waals surface area contributed by atoms with Gasteiger partial charge >= 0.3 is 5.97 Å². The lowest BCUT2D eigenvalue weighted by atomic mass is 9.83. The van der Waals surface area contributed by atoms with Crippen LogP contribution in [0, 0.1) is 0 Å². The van der Waals surface area contributed by atoms with Gasteiger partial charge in [-0.1, -0.05) is 108 Å². The summed E-state index contributed by atoms with van der Waals surface area (Å²) in [6, 6.07) is 24.1. The monoisotopic (exact) mass is 948 g/mol. The molecule has 1 unspecified atom stereocenters. The van der Waals surface area contributed by atoms with Gasteiger partial charge in [-0.3, -0.25) is 23.7 Å². The van der Waals surface area contributed by atoms with Gasteiger partial charge in [0.15, 0.2) is 29.2 Å². The number of anilines is 2. The zero-order valence-corrected chi connectivity index (χ0v) is 38.9. The van der Waals surface area contributed by atoms with Gasteiger partial charge < -0.3 is 35.1 Å². The molecule has 358 valence electrons. The second-order valence-electron chi connectivity index (χ2n) is 16.6. The Bertz CT molecular complexity index is 2740. The minimum Gasteiger partial charge on any atom is -0.504 e. The zero-order valence-electron chi connectivity index (χ0n) is 38.0. The van der Waals surface area contributed by atoms with Crippen LogP contribution in [0.25, 0.3) is 0 Å². The first-order valence-electron chi connectivity index (χ1n) is 22.8. The molecule has 6 rings (SSSR count). The number of unbranched alkanes of at least 4 members (excludes halogenated alkanes) is 11. The fourth-order valence-electron chi connectivity index (χ4n) is 7.93. The number of hydrogen-bond acceptors (Lipinski definition) is 12. The van der Waals surface area contributed by atoms with Crippen LogP contribution in [-0.2, 0) is 26.1 Å². The van der Waals surface area contributed by atoms with E-state index >= 15 is 0 Å². The molecule has 5 N–H and O–H groups in total. The number of methoxy groups -OCH3 is 1. The van der Waals surface area contributed by atoms with Gasteiger partial charge in [-0.05, 0) is 78.7 Å². The molecule has 0 spiro atoms. The number of aromatic hydroxyl groups is 2. The number of esters is 1. The Hall–Kier alpha value is -7.04. The number of fused-ring (bicyclic) bond motifs is 2. The van der Waals surface area contributed by atoms with E-state index in [-0.39, 0.29) is 52.4 Å². The van der Waals surface area contributed by atoms with E-state index in [2.05, 4.69) is 17.6 Å². The van der Waals surface area contributed by atoms with Gasteiger partial charge in [0.25, 0.3) is 21.9 Å². The lowest BCUT2D eigenvalue weighted by Gasteiger charge is -2.21. The Kier molecular flexibility index (Phi) is 17.5. The van der Waals surface area contributed by atoms with E-state index < -0.39 is 73.1 Å². The highest BCUT2D eigenvalue weighted by molar-refractivity contribution is 7.86. The Morgan fingerprint density at radius 3 is 1.93 bits per heavy atom. The average Bonchev–Trinajstić information content (AvgIpc) is 3.32. The fraction of sp³-hybridized carbons (Fsp3) is 0.327. The van der Waals surface area contributed by atoms with E-state index in [1.807, 2.05) is 30.3 Å². The van der Waals surface area contributed by atoms with Crippen molar-refractivity contribution in [3.05, 3.63) is 136 Å². The summed E-state index contributed by atoms with van der Waals surface area (Å²) < 4.78 is 50.2. The third-order valence-electron chi connectivity index (χ3n) is 11.6. The summed E-state index contributed by atoms with van der Waals surface area (Å²) in [4.78, 5) is 66.0. The Balaban J connectivity index is 1.07. The van der Waals surface area contributed by atoms with Crippen molar-refractivity contribution >= 4 is 50.8 Å². The van der Waals surface area contributed by atoms with Crippen molar-refractivity contribution in [2.24, 2.45) is 0 Å². The molecule has 0 bridgehead atoms. The second kappa shape index (κ2) is 23.6. The maximum Gasteiger partial charge on any atom is 0.338 e. The van der Waals surface area contributed by atoms with Crippen molar-refractivity contribution in [1.29, 1.82) is 0 Å². The molecule has 15 nitrogen and oxygen atoms in total. The first kappa shape index (κ1) is 50.4. The summed E-state index contributed by atoms with van der Waals surface area (Å²) >= 11 is 0. The molecule has 2 amide bonds. The summed E-state index contributed by atoms with van der Waals surface area (Å²) in [6.45, 7) is 2.52. The number of amides is 2. The minimum absolute atomic E-state index is 0.0869. The van der Waals surface area contributed by atoms with Crippen molar-refractivity contribution in [2.45, 2.75) is 101 Å². The number of ether oxygens (including phenoxy) is 3. The normalized spacial score (nSPS) is 12.4. The van der Waals surface area contributed by atoms with E-state index in [0.717, 1.165) is 24.8 Å². The first-order chi connectivity index (χ1) is 32.7. The molecule has 0 heterocycles. The highest BCUT2D eigenvalue weighted by Crippen LogP contribution is 2.42. The predicted octanol–water partition coefficient (Wildman–Crippen LogP) is 9.87. The van der Waals surface area contributed by atoms with Crippen molar-refractivity contribution in [2.75, 3.05) is 24.4 Å². The van der Waals surface area contributed by atoms with Gasteiger partial charge in [0.05, 0.1) is 30.5 Å². The first-order valence-corrected chi connectivity index (χ1v) is 24.2. The average molecular weight is 949 g/mol. The third kappa shape index (κ3) is 12.9. The zero-order chi connectivity index (χ0) is 48.8. The second-order valence-corrected chi connectivity index (χ2v) is 18.0. The number of rotatable bonds is 24. The van der Waals surface area contributed by atoms with E-state index in [1.54, 1.807) is 12.1 Å². The van der Waals surface area contributed by atoms with E-state index in [1.165, 1.54) is 113 Å². The van der Waals surface area contributed by atoms with Gasteiger partial charge in [-0.2, -0.15) is 8.42 Å². The third-order valence-corrected chi connectivity index (χ3v) is 12.5. The standard InChI is InChI=1S/C52H56N2O13S/c1-3-4-5-6-7-8-9-10-11-12-13-17-28-66-52(61)35-22-27-42(65-2)41(30-35)54-51(60)43(29-33-18-15-14-16-19-33)67-37-24-20-34(21-25-37)50(59)53-36-23-26-38-39(31-36)47(56)45-40(46(38)55)32-44(68(62,63)64)48(57)49(45)58/h14-16,18-27,30-32,43,57-58H,3-13,17,28-29H2,1-2H3,(H,53,59)(H,54,60)(H,62,63,64). The van der Waals surface area contributed by atoms with Crippen LogP contribution in [0.15, 0.2) is 102 Å². The lowest BCUT2D eigenvalue weighted by Crippen LogP contribution is -2.35. The van der Waals surface area contributed by atoms with Crippen molar-refractivity contribution < 1.29 is 61.4 Å². The molecular formula is C52H56N2O13S. The fourth-order valence-corrected chi connectivity index (χ4v) is 8.54. The molecule has 0 saturated heterocycles. The van der Waals surface area contributed by atoms with Crippen LogP contribution in [0.5, 0.6) is 23.0 Å². The molecule has 16 heteroatoms. The number of nitrogens with one attached hydrogen (secondary N) is 2. The molecule has 0 saturated carbocycles. The van der Waals surface area contributed by atoms with Crippen LogP contribution in [0.4, 0.5) is 11.4 Å². The van der Waals surface area contributed by atoms with Crippen LogP contribution < -0.4 is 20.1 Å². The lowest BCUT2D eigenvalue weighted by molar-refractivity contribution is -0.122. The van der Waals surface area contributed by atoms with Gasteiger partial charge in [0.2, 0.25) is 0 Å². The van der Waals surface area contributed by atoms with Gasteiger partial charge in [0.1, 0.15) is 16.4 Å². The Labute approximate surface area is 395 Å². The summed E-state index contributed by atoms with van der Waals surface area (Å²) in [5.74, 6) is -5.43. The smallest absolute Gasteiger partial charge is 0.338 e. The van der Waals surface area contributed by atoms with Gasteiger partial charge in [0, 0.05) is 34.4 Å². The molecule has 0 aliphatic heterocycles. The Morgan fingerprint density at radius 2 is 1.29 bits per heavy atom. The number of carbonyl (C=O) groups excluding carboxylic acids is 5. The molecule has 0 radical (unpaired) electrons. The molecule has 5 aromatic rings. The van der Waals surface area contributed by atoms with Crippen molar-refractivity contribution in [3.8, 4) is 23.0 Å². The minimum atomic E-state index is -5.07. The number of benzene rings is 5. The quantitative estimate of drug-likeness (QED) is 0.0165. The van der Waals surface area contributed by atoms with Crippen LogP contribution in [-0.4, -0.2) is 72.4 Å². The van der Waals surface area contributed by atoms with Crippen molar-refractivity contribution in [1.82, 2.24) is 0 Å². The molecule has 1 aliphatic carbocycles. The number of phenolic OH excluding ortho intramolecular Hbond substituents is 2. The Morgan fingerprint density at radius 1 is 0.662 bits per heavy atom. The number of ketones is 2. The van der Waals surface area contributed by atoms with Crippen LogP contribution in [0.1, 0.15) is 142 Å². The molecular weight excluding hydrogens is 893 g/mol. The molecule has 0 aromatic heterocycles. The van der Waals surface area contributed by atoms with Crippen LogP contribution >= 0.6 is 0 Å². The van der Waals surface area contributed by atoms with E-state index in [4.69, 9.17) is 14.2 Å². The molecule has 1 atom stereocenters. The molecule has 68 heavy (non-hydrogen) atoms. The summed E-state index contributed by atoms with van der Waals surface area (Å²) in [5, 5.41) is 26.2. The molecule has 0 fully saturated rings. The highest BCUT2D eigenvalue weighted by Gasteiger charge is 2.37. The molecule has 5 aromatic carbocycles. The largest absolute Gasteiger partial charge is 0.504 e. The number of phenols is 2.